The fourth-order valence-corrected chi connectivity index (χ4v) is 3.47. The molecule has 0 aliphatic carbocycles. The minimum absolute atomic E-state index is 0.227. The van der Waals surface area contributed by atoms with E-state index in [0.29, 0.717) is 18.7 Å². The number of halogens is 3. The van der Waals surface area contributed by atoms with E-state index in [0.717, 1.165) is 24.3 Å². The van der Waals surface area contributed by atoms with E-state index in [2.05, 4.69) is 10.1 Å². The second kappa shape index (κ2) is 6.89. The summed E-state index contributed by atoms with van der Waals surface area (Å²) in [4.78, 5) is 0. The van der Waals surface area contributed by atoms with Gasteiger partial charge in [-0.1, -0.05) is 12.1 Å². The summed E-state index contributed by atoms with van der Waals surface area (Å²) in [6, 6.07) is 5.85. The van der Waals surface area contributed by atoms with Gasteiger partial charge in [0.1, 0.15) is 5.75 Å². The first kappa shape index (κ1) is 16.5. The van der Waals surface area contributed by atoms with Gasteiger partial charge in [0.25, 0.3) is 0 Å². The molecule has 1 saturated heterocycles. The number of aliphatic hydroxyl groups is 1. The molecule has 2 rings (SSSR count). The van der Waals surface area contributed by atoms with Crippen molar-refractivity contribution in [1.82, 2.24) is 5.32 Å². The van der Waals surface area contributed by atoms with Gasteiger partial charge < -0.3 is 15.2 Å². The Morgan fingerprint density at radius 1 is 1.29 bits per heavy atom. The van der Waals surface area contributed by atoms with Gasteiger partial charge >= 0.3 is 6.36 Å². The molecule has 7 heteroatoms. The van der Waals surface area contributed by atoms with Crippen LogP contribution in [0.15, 0.2) is 24.3 Å². The summed E-state index contributed by atoms with van der Waals surface area (Å²) >= 11 is 1.82. The third-order valence-corrected chi connectivity index (χ3v) is 4.32. The van der Waals surface area contributed by atoms with Crippen LogP contribution in [0.5, 0.6) is 5.75 Å². The smallest absolute Gasteiger partial charge is 0.406 e. The second-order valence-corrected chi connectivity index (χ2v) is 6.36. The van der Waals surface area contributed by atoms with Crippen molar-refractivity contribution in [2.75, 3.05) is 18.1 Å². The summed E-state index contributed by atoms with van der Waals surface area (Å²) in [7, 11) is 0. The molecule has 1 aromatic rings. The Balaban J connectivity index is 1.84. The van der Waals surface area contributed by atoms with Gasteiger partial charge in [-0.25, -0.2) is 0 Å². The third-order valence-electron chi connectivity index (χ3n) is 3.34. The van der Waals surface area contributed by atoms with Gasteiger partial charge in [0.15, 0.2) is 0 Å². The minimum atomic E-state index is -4.68. The maximum Gasteiger partial charge on any atom is 0.573 e. The molecule has 21 heavy (non-hydrogen) atoms. The van der Waals surface area contributed by atoms with Crippen molar-refractivity contribution in [3.8, 4) is 5.75 Å². The van der Waals surface area contributed by atoms with Gasteiger partial charge in [-0.3, -0.25) is 0 Å². The monoisotopic (exact) mass is 321 g/mol. The SMILES string of the molecule is OC1(CNCc2cccc(OC(F)(F)F)c2)CCSCC1. The van der Waals surface area contributed by atoms with Crippen molar-refractivity contribution in [2.45, 2.75) is 31.3 Å². The first-order valence-electron chi connectivity index (χ1n) is 6.72. The fourth-order valence-electron chi connectivity index (χ4n) is 2.22. The van der Waals surface area contributed by atoms with E-state index in [1.165, 1.54) is 18.2 Å². The Labute approximate surface area is 125 Å². The molecule has 0 amide bonds. The van der Waals surface area contributed by atoms with Crippen molar-refractivity contribution < 1.29 is 23.0 Å². The Hall–Kier alpha value is -0.920. The van der Waals surface area contributed by atoms with Gasteiger partial charge in [0.05, 0.1) is 5.60 Å². The topological polar surface area (TPSA) is 41.5 Å². The summed E-state index contributed by atoms with van der Waals surface area (Å²) in [5, 5.41) is 13.4. The van der Waals surface area contributed by atoms with E-state index in [4.69, 9.17) is 0 Å². The second-order valence-electron chi connectivity index (χ2n) is 5.14. The quantitative estimate of drug-likeness (QED) is 0.875. The molecule has 1 fully saturated rings. The van der Waals surface area contributed by atoms with Gasteiger partial charge in [-0.15, -0.1) is 13.2 Å². The third kappa shape index (κ3) is 5.76. The van der Waals surface area contributed by atoms with Crippen LogP contribution < -0.4 is 10.1 Å². The van der Waals surface area contributed by atoms with Crippen LogP contribution in [-0.2, 0) is 6.54 Å². The number of alkyl halides is 3. The van der Waals surface area contributed by atoms with E-state index in [1.54, 1.807) is 6.07 Å². The van der Waals surface area contributed by atoms with Crippen molar-refractivity contribution in [1.29, 1.82) is 0 Å². The van der Waals surface area contributed by atoms with E-state index >= 15 is 0 Å². The summed E-state index contributed by atoms with van der Waals surface area (Å²) in [5.41, 5.74) is -0.0174. The van der Waals surface area contributed by atoms with Crippen molar-refractivity contribution in [3.05, 3.63) is 29.8 Å². The van der Waals surface area contributed by atoms with Crippen LogP contribution >= 0.6 is 11.8 Å². The fraction of sp³-hybridized carbons (Fsp3) is 0.571. The minimum Gasteiger partial charge on any atom is -0.406 e. The molecule has 0 unspecified atom stereocenters. The Morgan fingerprint density at radius 2 is 2.00 bits per heavy atom. The molecule has 118 valence electrons. The highest BCUT2D eigenvalue weighted by atomic mass is 32.2. The zero-order chi connectivity index (χ0) is 15.3. The first-order chi connectivity index (χ1) is 9.86. The molecule has 0 saturated carbocycles. The molecule has 1 aliphatic rings. The zero-order valence-electron chi connectivity index (χ0n) is 11.4. The highest BCUT2D eigenvalue weighted by Crippen LogP contribution is 2.26. The number of thioether (sulfide) groups is 1. The summed E-state index contributed by atoms with van der Waals surface area (Å²) in [6.45, 7) is 0.836. The number of ether oxygens (including phenoxy) is 1. The zero-order valence-corrected chi connectivity index (χ0v) is 12.3. The molecular weight excluding hydrogens is 303 g/mol. The van der Waals surface area contributed by atoms with Crippen molar-refractivity contribution in [2.24, 2.45) is 0 Å². The van der Waals surface area contributed by atoms with Gasteiger partial charge in [-0.2, -0.15) is 11.8 Å². The van der Waals surface area contributed by atoms with E-state index < -0.39 is 12.0 Å². The van der Waals surface area contributed by atoms with E-state index in [1.807, 2.05) is 11.8 Å². The molecule has 0 aromatic heterocycles. The predicted molar refractivity (Wildman–Crippen MR) is 76.3 cm³/mol. The molecule has 1 aromatic carbocycles. The largest absolute Gasteiger partial charge is 0.573 e. The Bertz CT molecular complexity index is 462. The van der Waals surface area contributed by atoms with Gasteiger partial charge in [0, 0.05) is 13.1 Å². The highest BCUT2D eigenvalue weighted by Gasteiger charge is 2.31. The molecule has 0 radical (unpaired) electrons. The molecule has 3 nitrogen and oxygen atoms in total. The van der Waals surface area contributed by atoms with E-state index in [-0.39, 0.29) is 5.75 Å². The lowest BCUT2D eigenvalue weighted by Gasteiger charge is -2.32. The number of benzene rings is 1. The first-order valence-corrected chi connectivity index (χ1v) is 7.87. The van der Waals surface area contributed by atoms with Gasteiger partial charge in [0.2, 0.25) is 0 Å². The molecular formula is C14H18F3NO2S. The lowest BCUT2D eigenvalue weighted by atomic mass is 9.97. The van der Waals surface area contributed by atoms with Crippen LogP contribution in [0.4, 0.5) is 13.2 Å². The number of rotatable bonds is 5. The normalized spacial score (nSPS) is 18.5. The molecule has 2 N–H and O–H groups in total. The number of nitrogens with one attached hydrogen (secondary N) is 1. The van der Waals surface area contributed by atoms with Crippen molar-refractivity contribution in [3.63, 3.8) is 0 Å². The summed E-state index contributed by atoms with van der Waals surface area (Å²) in [6.07, 6.45) is -3.20. The van der Waals surface area contributed by atoms with Gasteiger partial charge in [-0.05, 0) is 42.0 Å². The molecule has 0 spiro atoms. The van der Waals surface area contributed by atoms with Crippen LogP contribution in [-0.4, -0.2) is 35.1 Å². The highest BCUT2D eigenvalue weighted by molar-refractivity contribution is 7.99. The van der Waals surface area contributed by atoms with Crippen LogP contribution in [0.25, 0.3) is 0 Å². The Kier molecular flexibility index (Phi) is 5.40. The Morgan fingerprint density at radius 3 is 2.67 bits per heavy atom. The maximum absolute atomic E-state index is 12.1. The predicted octanol–water partition coefficient (Wildman–Crippen LogP) is 2.93. The number of hydrogen-bond acceptors (Lipinski definition) is 4. The molecule has 1 heterocycles. The van der Waals surface area contributed by atoms with Crippen molar-refractivity contribution >= 4 is 11.8 Å². The molecule has 0 bridgehead atoms. The summed E-state index contributed by atoms with van der Waals surface area (Å²) < 4.78 is 40.3. The van der Waals surface area contributed by atoms with Crippen LogP contribution in [0, 0.1) is 0 Å². The lowest BCUT2D eigenvalue weighted by Crippen LogP contribution is -2.43. The maximum atomic E-state index is 12.1. The van der Waals surface area contributed by atoms with Crippen LogP contribution in [0.1, 0.15) is 18.4 Å². The molecule has 0 atom stereocenters. The number of hydrogen-bond donors (Lipinski definition) is 2. The lowest BCUT2D eigenvalue weighted by molar-refractivity contribution is -0.274. The summed E-state index contributed by atoms with van der Waals surface area (Å²) in [5.74, 6) is 1.65. The molecule has 1 aliphatic heterocycles. The standard InChI is InChI=1S/C14H18F3NO2S/c15-14(16,17)20-12-3-1-2-11(8-12)9-18-10-13(19)4-6-21-7-5-13/h1-3,8,18-19H,4-7,9-10H2. The van der Waals surface area contributed by atoms with Crippen LogP contribution in [0.2, 0.25) is 0 Å². The average Bonchev–Trinajstić information content (AvgIpc) is 2.38. The van der Waals surface area contributed by atoms with Crippen LogP contribution in [0.3, 0.4) is 0 Å². The average molecular weight is 321 g/mol. The van der Waals surface area contributed by atoms with E-state index in [9.17, 15) is 18.3 Å².